The summed E-state index contributed by atoms with van der Waals surface area (Å²) >= 11 is 0. The highest BCUT2D eigenvalue weighted by molar-refractivity contribution is 7.62. The monoisotopic (exact) mass is 220 g/mol. The van der Waals surface area contributed by atoms with E-state index < -0.39 is 19.2 Å². The van der Waals surface area contributed by atoms with Crippen molar-refractivity contribution in [3.8, 4) is 0 Å². The predicted molar refractivity (Wildman–Crippen MR) is 56.1 cm³/mol. The van der Waals surface area contributed by atoms with Crippen molar-refractivity contribution in [1.82, 2.24) is 0 Å². The van der Waals surface area contributed by atoms with E-state index in [1.165, 1.54) is 13.0 Å². The van der Waals surface area contributed by atoms with Crippen molar-refractivity contribution < 1.29 is 19.2 Å². The Bertz CT molecular complexity index is 254. The molecular formula is C9H17O4P. The summed E-state index contributed by atoms with van der Waals surface area (Å²) in [5.41, 5.74) is 0. The van der Waals surface area contributed by atoms with E-state index in [9.17, 15) is 9.36 Å². The molecule has 0 aliphatic heterocycles. The number of carbonyl (C=O) groups excluding carboxylic acids is 1. The summed E-state index contributed by atoms with van der Waals surface area (Å²) in [7, 11) is -2.23. The van der Waals surface area contributed by atoms with Gasteiger partial charge in [-0.1, -0.05) is 6.08 Å². The van der Waals surface area contributed by atoms with E-state index in [-0.39, 0.29) is 6.61 Å². The summed E-state index contributed by atoms with van der Waals surface area (Å²) < 4.78 is 16.4. The summed E-state index contributed by atoms with van der Waals surface area (Å²) in [4.78, 5) is 10.7. The molecule has 0 aliphatic carbocycles. The maximum absolute atomic E-state index is 11.5. The van der Waals surface area contributed by atoms with Crippen LogP contribution in [0.15, 0.2) is 12.2 Å². The molecule has 0 bridgehead atoms. The van der Waals surface area contributed by atoms with Gasteiger partial charge in [-0.25, -0.2) is 0 Å². The second-order valence-corrected chi connectivity index (χ2v) is 7.03. The van der Waals surface area contributed by atoms with Crippen LogP contribution in [0.25, 0.3) is 0 Å². The molecule has 1 unspecified atom stereocenters. The Morgan fingerprint density at radius 1 is 1.57 bits per heavy atom. The molecule has 0 aliphatic rings. The van der Waals surface area contributed by atoms with Crippen LogP contribution in [0.4, 0.5) is 0 Å². The maximum Gasteiger partial charge on any atom is 0.303 e. The second-order valence-electron chi connectivity index (χ2n) is 3.52. The molecule has 0 spiro atoms. The molecule has 1 atom stereocenters. The molecule has 0 amide bonds. The van der Waals surface area contributed by atoms with Gasteiger partial charge in [-0.15, -0.1) is 0 Å². The molecule has 0 radical (unpaired) electrons. The van der Waals surface area contributed by atoms with Gasteiger partial charge >= 0.3 is 5.97 Å². The average molecular weight is 220 g/mol. The highest BCUT2D eigenvalue weighted by Gasteiger charge is 2.17. The van der Waals surface area contributed by atoms with Gasteiger partial charge in [-0.05, 0) is 19.4 Å². The number of aliphatic hydroxyl groups is 1. The molecule has 5 heteroatoms. The Labute approximate surface area is 84.3 Å². The lowest BCUT2D eigenvalue weighted by Crippen LogP contribution is -2.18. The Morgan fingerprint density at radius 3 is 2.50 bits per heavy atom. The predicted octanol–water partition coefficient (Wildman–Crippen LogP) is 1.09. The number of esters is 1. The third-order valence-electron chi connectivity index (χ3n) is 1.39. The van der Waals surface area contributed by atoms with Gasteiger partial charge in [0.15, 0.2) is 0 Å². The molecule has 14 heavy (non-hydrogen) atoms. The second kappa shape index (κ2) is 5.99. The largest absolute Gasteiger partial charge is 0.458 e. The zero-order valence-electron chi connectivity index (χ0n) is 8.77. The summed E-state index contributed by atoms with van der Waals surface area (Å²) in [6, 6.07) is 0. The van der Waals surface area contributed by atoms with Crippen LogP contribution in [0.1, 0.15) is 6.92 Å². The van der Waals surface area contributed by atoms with Crippen LogP contribution >= 0.6 is 7.14 Å². The Hall–Kier alpha value is -0.600. The van der Waals surface area contributed by atoms with Crippen LogP contribution < -0.4 is 0 Å². The minimum absolute atomic E-state index is 0.116. The lowest BCUT2D eigenvalue weighted by Gasteiger charge is -2.15. The van der Waals surface area contributed by atoms with E-state index in [1.807, 2.05) is 0 Å². The van der Waals surface area contributed by atoms with Gasteiger partial charge in [0.2, 0.25) is 0 Å². The van der Waals surface area contributed by atoms with Crippen LogP contribution in [0.2, 0.25) is 0 Å². The van der Waals surface area contributed by atoms with E-state index in [4.69, 9.17) is 9.84 Å². The molecule has 0 heterocycles. The summed E-state index contributed by atoms with van der Waals surface area (Å²) in [5.74, 6) is -0.411. The molecule has 0 aromatic heterocycles. The van der Waals surface area contributed by atoms with Crippen LogP contribution in [-0.4, -0.2) is 43.3 Å². The standard InChI is InChI=1S/C9H17O4P/c1-8(11)13-9(5-4-6-10)7-14(2,3)12/h4-5,9-10H,6-7H2,1-3H3/b5-4+. The van der Waals surface area contributed by atoms with Gasteiger partial charge in [0, 0.05) is 13.1 Å². The SMILES string of the molecule is CC(=O)OC(/C=C/CO)CP(C)(C)=O. The van der Waals surface area contributed by atoms with Crippen molar-refractivity contribution in [2.24, 2.45) is 0 Å². The average Bonchev–Trinajstić information content (AvgIpc) is 1.96. The third-order valence-corrected chi connectivity index (χ3v) is 2.63. The van der Waals surface area contributed by atoms with Crippen LogP contribution in [-0.2, 0) is 14.1 Å². The van der Waals surface area contributed by atoms with Crippen molar-refractivity contribution in [2.75, 3.05) is 26.1 Å². The fourth-order valence-electron chi connectivity index (χ4n) is 0.997. The van der Waals surface area contributed by atoms with Gasteiger partial charge in [0.05, 0.1) is 13.7 Å². The molecule has 0 saturated carbocycles. The molecule has 1 N–H and O–H groups in total. The van der Waals surface area contributed by atoms with Crippen LogP contribution in [0.5, 0.6) is 0 Å². The van der Waals surface area contributed by atoms with E-state index in [0.717, 1.165) is 0 Å². The van der Waals surface area contributed by atoms with E-state index >= 15 is 0 Å². The zero-order chi connectivity index (χ0) is 11.2. The topological polar surface area (TPSA) is 63.6 Å². The molecule has 82 valence electrons. The van der Waals surface area contributed by atoms with Gasteiger partial charge < -0.3 is 14.4 Å². The zero-order valence-corrected chi connectivity index (χ0v) is 9.66. The molecule has 0 aromatic carbocycles. The van der Waals surface area contributed by atoms with Crippen molar-refractivity contribution >= 4 is 13.1 Å². The minimum atomic E-state index is -2.23. The van der Waals surface area contributed by atoms with Gasteiger partial charge in [0.1, 0.15) is 6.10 Å². The molecule has 0 saturated heterocycles. The van der Waals surface area contributed by atoms with Gasteiger partial charge in [-0.3, -0.25) is 4.79 Å². The number of hydrogen-bond acceptors (Lipinski definition) is 4. The smallest absolute Gasteiger partial charge is 0.303 e. The van der Waals surface area contributed by atoms with E-state index in [1.54, 1.807) is 19.4 Å². The number of hydrogen-bond donors (Lipinski definition) is 1. The summed E-state index contributed by atoms with van der Waals surface area (Å²) in [6.07, 6.45) is 2.84. The molecule has 0 fully saturated rings. The number of ether oxygens (including phenoxy) is 1. The highest BCUT2D eigenvalue weighted by Crippen LogP contribution is 2.37. The molecular weight excluding hydrogens is 203 g/mol. The van der Waals surface area contributed by atoms with Crippen molar-refractivity contribution in [3.05, 3.63) is 12.2 Å². The molecule has 0 rings (SSSR count). The van der Waals surface area contributed by atoms with Crippen LogP contribution in [0.3, 0.4) is 0 Å². The highest BCUT2D eigenvalue weighted by atomic mass is 31.2. The normalized spacial score (nSPS) is 14.3. The Morgan fingerprint density at radius 2 is 2.14 bits per heavy atom. The summed E-state index contributed by atoms with van der Waals surface area (Å²) in [5, 5.41) is 8.55. The first-order chi connectivity index (χ1) is 6.35. The minimum Gasteiger partial charge on any atom is -0.458 e. The number of rotatable bonds is 5. The van der Waals surface area contributed by atoms with Crippen molar-refractivity contribution in [3.63, 3.8) is 0 Å². The first kappa shape index (κ1) is 13.4. The Kier molecular flexibility index (Phi) is 5.73. The fourth-order valence-corrected chi connectivity index (χ4v) is 2.06. The van der Waals surface area contributed by atoms with Crippen LogP contribution in [0, 0.1) is 0 Å². The van der Waals surface area contributed by atoms with Gasteiger partial charge in [-0.2, -0.15) is 0 Å². The molecule has 0 aromatic rings. The number of carbonyl (C=O) groups is 1. The fraction of sp³-hybridized carbons (Fsp3) is 0.667. The first-order valence-corrected chi connectivity index (χ1v) is 7.12. The quantitative estimate of drug-likeness (QED) is 0.428. The number of aliphatic hydroxyl groups excluding tert-OH is 1. The maximum atomic E-state index is 11.5. The van der Waals surface area contributed by atoms with Gasteiger partial charge in [0.25, 0.3) is 0 Å². The first-order valence-electron chi connectivity index (χ1n) is 4.34. The summed E-state index contributed by atoms with van der Waals surface area (Å²) in [6.45, 7) is 4.46. The van der Waals surface area contributed by atoms with Crippen molar-refractivity contribution in [2.45, 2.75) is 13.0 Å². The molecule has 4 nitrogen and oxygen atoms in total. The van der Waals surface area contributed by atoms with E-state index in [2.05, 4.69) is 0 Å². The third kappa shape index (κ3) is 8.02. The van der Waals surface area contributed by atoms with Crippen molar-refractivity contribution in [1.29, 1.82) is 0 Å². The lowest BCUT2D eigenvalue weighted by molar-refractivity contribution is -0.143. The lowest BCUT2D eigenvalue weighted by atomic mass is 10.3. The Balaban J connectivity index is 4.32. The van der Waals surface area contributed by atoms with E-state index in [0.29, 0.717) is 6.16 Å².